The number of hydrogen-bond donors (Lipinski definition) is 12. The number of halogens is 1. The van der Waals surface area contributed by atoms with Crippen LogP contribution in [0.15, 0.2) is 146 Å². The molecule has 466 valence electrons. The Bertz CT molecular complexity index is 3580. The summed E-state index contributed by atoms with van der Waals surface area (Å²) in [5.74, 6) is -3.69. The summed E-state index contributed by atoms with van der Waals surface area (Å²) in [6.07, 6.45) is 8.55. The second kappa shape index (κ2) is 29.2. The molecule has 9 rings (SSSR count). The van der Waals surface area contributed by atoms with Gasteiger partial charge in [-0.25, -0.2) is 0 Å². The van der Waals surface area contributed by atoms with Gasteiger partial charge in [0.15, 0.2) is 34.0 Å². The number of carbonyl (C=O) groups is 6. The van der Waals surface area contributed by atoms with E-state index in [1.807, 2.05) is 112 Å². The molecule has 18 N–H and O–H groups in total. The van der Waals surface area contributed by atoms with E-state index in [0.717, 1.165) is 82.8 Å². The van der Waals surface area contributed by atoms with Gasteiger partial charge in [0, 0.05) is 93.5 Å². The van der Waals surface area contributed by atoms with Gasteiger partial charge in [-0.05, 0) is 203 Å². The van der Waals surface area contributed by atoms with E-state index >= 15 is 0 Å². The zero-order valence-electron chi connectivity index (χ0n) is 50.9. The van der Waals surface area contributed by atoms with E-state index in [0.29, 0.717) is 75.2 Å². The third-order valence-corrected chi connectivity index (χ3v) is 17.1. The number of unbranched alkanes of at least 4 members (excludes halogenated alkanes) is 3. The van der Waals surface area contributed by atoms with E-state index in [1.54, 1.807) is 55.0 Å². The number of hydrogen-bond acceptors (Lipinski definition) is 12. The maximum Gasteiger partial charge on any atom is 0.252 e. The predicted molar refractivity (Wildman–Crippen MR) is 358 cm³/mol. The number of aromatic amines is 3. The number of Topliss-reactive ketones (excluding diaryl/α,β-unsaturated/α-hetero) is 3. The van der Waals surface area contributed by atoms with Gasteiger partial charge in [-0.2, -0.15) is 0 Å². The van der Waals surface area contributed by atoms with E-state index in [-0.39, 0.29) is 50.9 Å². The van der Waals surface area contributed by atoms with Crippen LogP contribution < -0.4 is 50.4 Å². The lowest BCUT2D eigenvalue weighted by molar-refractivity contribution is -0.134. The van der Waals surface area contributed by atoms with Gasteiger partial charge < -0.3 is 65.3 Å². The molecule has 0 saturated carbocycles. The minimum Gasteiger partial charge on any atom is -0.361 e. The Balaban J connectivity index is 0.0000102. The summed E-state index contributed by atoms with van der Waals surface area (Å²) in [5, 5.41) is 11.5. The van der Waals surface area contributed by atoms with Crippen molar-refractivity contribution in [2.45, 2.75) is 120 Å². The largest absolute Gasteiger partial charge is 0.361 e. The van der Waals surface area contributed by atoms with Crippen LogP contribution in [0.25, 0.3) is 32.7 Å². The number of fused-ring (bicyclic) bond motifs is 3. The summed E-state index contributed by atoms with van der Waals surface area (Å²) in [4.78, 5) is 95.5. The molecule has 89 heavy (non-hydrogen) atoms. The van der Waals surface area contributed by atoms with Gasteiger partial charge >= 0.3 is 0 Å². The molecule has 0 fully saturated rings. The Hall–Kier alpha value is -8.59. The van der Waals surface area contributed by atoms with E-state index in [1.165, 1.54) is 0 Å². The molecule has 19 heteroatoms. The molecule has 6 aromatic carbocycles. The van der Waals surface area contributed by atoms with E-state index in [9.17, 15) is 28.8 Å². The monoisotopic (exact) mass is 1220 g/mol. The molecule has 0 bridgehead atoms. The van der Waals surface area contributed by atoms with Crippen molar-refractivity contribution < 1.29 is 28.8 Å². The number of ketones is 3. The zero-order valence-corrected chi connectivity index (χ0v) is 51.7. The van der Waals surface area contributed by atoms with Crippen molar-refractivity contribution in [2.24, 2.45) is 34.4 Å². The number of aryl methyl sites for hydroxylation is 3. The Morgan fingerprint density at radius 1 is 0.393 bits per heavy atom. The Morgan fingerprint density at radius 3 is 0.899 bits per heavy atom. The SMILES string of the molecule is Cc1ccc2c(CC(=O)[C@@](N)(CCCCN)C(=O)Nc3ccc(C(c4ccc(NC(=O)[C@](N)(CCCCN)C(=O)Cc5c[nH]c6cc(C)ccc56)cc4)c4ccc(NC(=O)[C@](N)(CCCCN)C(=O)Cc5c[nH]c6cc(C)ccc56)cc4)cc3)c[nH]c2c1.Cl. The molecular formula is C70H83ClN12O6. The number of nitrogens with two attached hydrogens (primary N) is 6. The molecule has 18 nitrogen and oxygen atoms in total. The number of anilines is 3. The highest BCUT2D eigenvalue weighted by Gasteiger charge is 2.44. The van der Waals surface area contributed by atoms with E-state index in [4.69, 9.17) is 34.4 Å². The van der Waals surface area contributed by atoms with Crippen molar-refractivity contribution >= 4 is 97.2 Å². The van der Waals surface area contributed by atoms with Crippen molar-refractivity contribution in [3.05, 3.63) is 196 Å². The van der Waals surface area contributed by atoms with Crippen molar-refractivity contribution in [1.82, 2.24) is 15.0 Å². The van der Waals surface area contributed by atoms with Crippen LogP contribution in [0.2, 0.25) is 0 Å². The lowest BCUT2D eigenvalue weighted by Crippen LogP contribution is -2.58. The summed E-state index contributed by atoms with van der Waals surface area (Å²) >= 11 is 0. The number of benzene rings is 6. The first kappa shape index (κ1) is 66.4. The minimum absolute atomic E-state index is 0. The molecular weight excluding hydrogens is 1140 g/mol. The van der Waals surface area contributed by atoms with Crippen molar-refractivity contribution in [2.75, 3.05) is 35.6 Å². The lowest BCUT2D eigenvalue weighted by atomic mass is 9.83. The van der Waals surface area contributed by atoms with Crippen LogP contribution in [0.3, 0.4) is 0 Å². The second-order valence-corrected chi connectivity index (χ2v) is 23.7. The molecule has 0 aliphatic rings. The lowest BCUT2D eigenvalue weighted by Gasteiger charge is -2.28. The first-order chi connectivity index (χ1) is 42.3. The van der Waals surface area contributed by atoms with Crippen LogP contribution in [0.5, 0.6) is 0 Å². The quantitative estimate of drug-likeness (QED) is 0.0114. The van der Waals surface area contributed by atoms with Gasteiger partial charge in [-0.15, -0.1) is 12.4 Å². The molecule has 0 aliphatic carbocycles. The third-order valence-electron chi connectivity index (χ3n) is 17.1. The predicted octanol–water partition coefficient (Wildman–Crippen LogP) is 9.39. The molecule has 0 aliphatic heterocycles. The van der Waals surface area contributed by atoms with Gasteiger partial charge in [0.05, 0.1) is 0 Å². The number of nitrogens with one attached hydrogen (secondary N) is 6. The molecule has 0 unspecified atom stereocenters. The molecule has 9 aromatic rings. The van der Waals surface area contributed by atoms with Gasteiger partial charge in [-0.1, -0.05) is 72.8 Å². The van der Waals surface area contributed by atoms with Gasteiger partial charge in [-0.3, -0.25) is 28.8 Å². The first-order valence-corrected chi connectivity index (χ1v) is 30.3. The van der Waals surface area contributed by atoms with Crippen LogP contribution in [-0.4, -0.2) is 86.3 Å². The van der Waals surface area contributed by atoms with Crippen molar-refractivity contribution in [3.8, 4) is 0 Å². The number of carbonyl (C=O) groups excluding carboxylic acids is 6. The van der Waals surface area contributed by atoms with Gasteiger partial charge in [0.2, 0.25) is 0 Å². The summed E-state index contributed by atoms with van der Waals surface area (Å²) in [6.45, 7) is 7.10. The maximum atomic E-state index is 14.4. The molecule has 0 radical (unpaired) electrons. The number of amides is 3. The summed E-state index contributed by atoms with van der Waals surface area (Å²) in [5.41, 5.74) is 44.2. The van der Waals surface area contributed by atoms with Crippen LogP contribution in [-0.2, 0) is 48.0 Å². The maximum absolute atomic E-state index is 14.4. The number of aromatic nitrogens is 3. The molecule has 3 aromatic heterocycles. The second-order valence-electron chi connectivity index (χ2n) is 23.7. The normalized spacial score (nSPS) is 13.6. The Morgan fingerprint density at radius 2 is 0.652 bits per heavy atom. The average molecular weight is 1220 g/mol. The fourth-order valence-electron chi connectivity index (χ4n) is 11.7. The molecule has 3 heterocycles. The molecule has 0 saturated heterocycles. The van der Waals surface area contributed by atoms with Crippen LogP contribution in [0, 0.1) is 20.8 Å². The highest BCUT2D eigenvalue weighted by atomic mass is 35.5. The topological polar surface area (TPSA) is 342 Å². The summed E-state index contributed by atoms with van der Waals surface area (Å²) < 4.78 is 0. The molecule has 3 amide bonds. The van der Waals surface area contributed by atoms with E-state index < -0.39 is 57.6 Å². The minimum atomic E-state index is -1.87. The average Bonchev–Trinajstić information content (AvgIpc) is 2.32. The Kier molecular flexibility index (Phi) is 21.7. The summed E-state index contributed by atoms with van der Waals surface area (Å²) in [6, 6.07) is 39.4. The number of rotatable bonds is 30. The smallest absolute Gasteiger partial charge is 0.252 e. The van der Waals surface area contributed by atoms with Crippen molar-refractivity contribution in [1.29, 1.82) is 0 Å². The fourth-order valence-corrected chi connectivity index (χ4v) is 11.7. The fraction of sp³-hybridized carbons (Fsp3) is 0.314. The van der Waals surface area contributed by atoms with E-state index in [2.05, 4.69) is 30.9 Å². The van der Waals surface area contributed by atoms with Crippen LogP contribution in [0.4, 0.5) is 17.1 Å². The molecule has 0 spiro atoms. The molecule has 3 atom stereocenters. The van der Waals surface area contributed by atoms with Gasteiger partial charge in [0.1, 0.15) is 0 Å². The van der Waals surface area contributed by atoms with Crippen LogP contribution in [0.1, 0.15) is 114 Å². The van der Waals surface area contributed by atoms with Crippen LogP contribution >= 0.6 is 12.4 Å². The number of H-pyrrole nitrogens is 3. The standard InChI is InChI=1S/C70H82N12O6.ClH/c1-43-10-25-55-49(40-77-58(55)34-43)37-61(83)68(74,28-4-7-31-71)65(86)80-52-19-13-46(14-20-52)64(47-15-21-53(22-16-47)81-66(87)69(75,29-5-8-32-72)62(84)38-50-41-78-59-35-44(2)11-26-56(50)59)48-17-23-54(24-18-48)82-67(88)70(76,30-6-9-33-73)63(85)39-51-42-79-60-36-45(3)12-27-57(51)60;/h10-27,34-36,40-42,64,77-79H,4-9,28-33,37-39,71-76H2,1-3H3,(H,80,86)(H,81,87)(H,82,88);1H/t68-,69-,70-;/m0./s1. The summed E-state index contributed by atoms with van der Waals surface area (Å²) in [7, 11) is 0. The highest BCUT2D eigenvalue weighted by Crippen LogP contribution is 2.36. The van der Waals surface area contributed by atoms with Crippen molar-refractivity contribution in [3.63, 3.8) is 0 Å². The zero-order chi connectivity index (χ0) is 62.8. The first-order valence-electron chi connectivity index (χ1n) is 30.3. The highest BCUT2D eigenvalue weighted by molar-refractivity contribution is 6.18. The Labute approximate surface area is 524 Å². The third kappa shape index (κ3) is 15.1. The van der Waals surface area contributed by atoms with Gasteiger partial charge in [0.25, 0.3) is 17.7 Å².